The molecule has 1 aliphatic rings. The summed E-state index contributed by atoms with van der Waals surface area (Å²) < 4.78 is 13.7. The largest absolute Gasteiger partial charge is 0.367 e. The Labute approximate surface area is 257 Å². The van der Waals surface area contributed by atoms with Crippen LogP contribution in [0, 0.1) is 5.82 Å². The molecular weight excluding hydrogens is 555 g/mol. The van der Waals surface area contributed by atoms with Crippen LogP contribution in [-0.4, -0.2) is 60.7 Å². The summed E-state index contributed by atoms with van der Waals surface area (Å²) in [5.74, 6) is -1.23. The van der Waals surface area contributed by atoms with Crippen molar-refractivity contribution in [3.8, 4) is 0 Å². The molecule has 3 amide bonds. The van der Waals surface area contributed by atoms with E-state index in [0.717, 1.165) is 23.2 Å². The summed E-state index contributed by atoms with van der Waals surface area (Å²) in [7, 11) is 1.75. The van der Waals surface area contributed by atoms with Gasteiger partial charge in [-0.05, 0) is 53.9 Å². The third-order valence-electron chi connectivity index (χ3n) is 8.02. The van der Waals surface area contributed by atoms with Crippen LogP contribution in [0.3, 0.4) is 0 Å². The molecule has 1 heterocycles. The number of hydrogen-bond donors (Lipinski definition) is 1. The van der Waals surface area contributed by atoms with E-state index in [-0.39, 0.29) is 23.3 Å². The van der Waals surface area contributed by atoms with Crippen molar-refractivity contribution >= 4 is 29.1 Å². The van der Waals surface area contributed by atoms with Crippen LogP contribution in [0.4, 0.5) is 15.8 Å². The molecule has 8 heteroatoms. The molecule has 1 N–H and O–H groups in total. The Morgan fingerprint density at radius 2 is 1.52 bits per heavy atom. The summed E-state index contributed by atoms with van der Waals surface area (Å²) >= 11 is 0. The number of piperazine rings is 1. The number of carbonyl (C=O) groups is 3. The van der Waals surface area contributed by atoms with Crippen molar-refractivity contribution in [2.45, 2.75) is 25.8 Å². The van der Waals surface area contributed by atoms with Gasteiger partial charge >= 0.3 is 0 Å². The van der Waals surface area contributed by atoms with Gasteiger partial charge in [-0.15, -0.1) is 0 Å². The maximum atomic E-state index is 13.9. The highest BCUT2D eigenvalue weighted by Crippen LogP contribution is 2.29. The van der Waals surface area contributed by atoms with Crippen LogP contribution in [0.15, 0.2) is 103 Å². The van der Waals surface area contributed by atoms with E-state index in [0.29, 0.717) is 44.0 Å². The lowest BCUT2D eigenvalue weighted by molar-refractivity contribution is -0.133. The number of nitrogens with zero attached hydrogens (tertiary/aromatic N) is 3. The quantitative estimate of drug-likeness (QED) is 0.252. The number of anilines is 2. The predicted octanol–water partition coefficient (Wildman–Crippen LogP) is 6.19. The molecule has 1 fully saturated rings. The van der Waals surface area contributed by atoms with Gasteiger partial charge in [0.15, 0.2) is 0 Å². The lowest BCUT2D eigenvalue weighted by Crippen LogP contribution is -2.50. The maximum Gasteiger partial charge on any atom is 0.256 e. The van der Waals surface area contributed by atoms with Crippen LogP contribution in [0.2, 0.25) is 0 Å². The van der Waals surface area contributed by atoms with Gasteiger partial charge in [0.05, 0.1) is 11.5 Å². The van der Waals surface area contributed by atoms with E-state index in [1.54, 1.807) is 24.1 Å². The second-order valence-electron chi connectivity index (χ2n) is 11.0. The van der Waals surface area contributed by atoms with E-state index in [1.165, 1.54) is 24.3 Å². The van der Waals surface area contributed by atoms with Crippen molar-refractivity contribution in [3.63, 3.8) is 0 Å². The average molecular weight is 593 g/mol. The summed E-state index contributed by atoms with van der Waals surface area (Å²) in [6.45, 7) is 4.65. The van der Waals surface area contributed by atoms with E-state index in [2.05, 4.69) is 10.2 Å². The Bertz CT molecular complexity index is 1600. The summed E-state index contributed by atoms with van der Waals surface area (Å²) in [4.78, 5) is 45.9. The molecule has 226 valence electrons. The lowest BCUT2D eigenvalue weighted by atomic mass is 9.94. The zero-order chi connectivity index (χ0) is 31.1. The molecule has 4 aromatic carbocycles. The number of nitrogens with one attached hydrogen (secondary N) is 1. The first-order valence-corrected chi connectivity index (χ1v) is 14.9. The molecule has 0 radical (unpaired) electrons. The minimum atomic E-state index is -0.502. The molecule has 5 rings (SSSR count). The van der Waals surface area contributed by atoms with E-state index < -0.39 is 11.7 Å². The van der Waals surface area contributed by atoms with Crippen molar-refractivity contribution in [3.05, 3.63) is 131 Å². The summed E-state index contributed by atoms with van der Waals surface area (Å²) in [6.07, 6.45) is 0.721. The Balaban J connectivity index is 1.36. The first kappa shape index (κ1) is 30.5. The highest BCUT2D eigenvalue weighted by molar-refractivity contribution is 6.06. The lowest BCUT2D eigenvalue weighted by Gasteiger charge is -2.38. The SMILES string of the molecule is CC[C@@H](C(=O)N1CCN(c2ccc(NC(=O)c3cccc(F)c3)cc2C(=O)N(C)Cc2ccccc2)CC1)c1ccccc1. The molecule has 1 saturated heterocycles. The Morgan fingerprint density at radius 3 is 2.18 bits per heavy atom. The molecule has 0 aromatic heterocycles. The first-order valence-electron chi connectivity index (χ1n) is 14.9. The van der Waals surface area contributed by atoms with Crippen LogP contribution < -0.4 is 10.2 Å². The molecule has 0 aliphatic carbocycles. The first-order chi connectivity index (χ1) is 21.3. The van der Waals surface area contributed by atoms with Gasteiger partial charge in [0.1, 0.15) is 5.82 Å². The van der Waals surface area contributed by atoms with Crippen molar-refractivity contribution in [1.29, 1.82) is 0 Å². The molecule has 0 bridgehead atoms. The minimum Gasteiger partial charge on any atom is -0.367 e. The summed E-state index contributed by atoms with van der Waals surface area (Å²) in [5.41, 5.74) is 3.81. The standard InChI is InChI=1S/C36H37FN4O3/c1-3-31(27-13-8-5-9-14-27)36(44)41-21-19-40(20-22-41)33-18-17-30(38-34(42)28-15-10-16-29(37)23-28)24-32(33)35(43)39(2)25-26-11-6-4-7-12-26/h4-18,23-24,31H,3,19-22,25H2,1-2H3,(H,38,42)/t31-/m1/s1. The van der Waals surface area contributed by atoms with Crippen LogP contribution in [0.5, 0.6) is 0 Å². The molecule has 0 spiro atoms. The fourth-order valence-electron chi connectivity index (χ4n) is 5.65. The van der Waals surface area contributed by atoms with Crippen molar-refractivity contribution in [2.24, 2.45) is 0 Å². The molecule has 44 heavy (non-hydrogen) atoms. The van der Waals surface area contributed by atoms with Crippen molar-refractivity contribution in [2.75, 3.05) is 43.4 Å². The second-order valence-corrected chi connectivity index (χ2v) is 11.0. The minimum absolute atomic E-state index is 0.118. The third kappa shape index (κ3) is 7.14. The summed E-state index contributed by atoms with van der Waals surface area (Å²) in [5, 5.41) is 2.81. The van der Waals surface area contributed by atoms with E-state index in [1.807, 2.05) is 78.6 Å². The number of benzene rings is 4. The van der Waals surface area contributed by atoms with Gasteiger partial charge < -0.3 is 20.0 Å². The normalized spacial score (nSPS) is 13.7. The van der Waals surface area contributed by atoms with Crippen LogP contribution in [0.1, 0.15) is 51.1 Å². The zero-order valence-electron chi connectivity index (χ0n) is 25.1. The Hall–Kier alpha value is -4.98. The molecule has 0 unspecified atom stereocenters. The highest BCUT2D eigenvalue weighted by Gasteiger charge is 2.29. The van der Waals surface area contributed by atoms with Gasteiger partial charge in [0.25, 0.3) is 11.8 Å². The number of rotatable bonds is 9. The number of amides is 3. The van der Waals surface area contributed by atoms with Gasteiger partial charge in [-0.2, -0.15) is 0 Å². The molecule has 0 saturated carbocycles. The third-order valence-corrected chi connectivity index (χ3v) is 8.02. The number of halogens is 1. The van der Waals surface area contributed by atoms with Crippen LogP contribution in [0.25, 0.3) is 0 Å². The Morgan fingerprint density at radius 1 is 0.841 bits per heavy atom. The monoisotopic (exact) mass is 592 g/mol. The number of hydrogen-bond acceptors (Lipinski definition) is 4. The van der Waals surface area contributed by atoms with E-state index in [4.69, 9.17) is 0 Å². The summed E-state index contributed by atoms with van der Waals surface area (Å²) in [6, 6.07) is 30.3. The maximum absolute atomic E-state index is 13.9. The average Bonchev–Trinajstić information content (AvgIpc) is 3.05. The number of carbonyl (C=O) groups excluding carboxylic acids is 3. The smallest absolute Gasteiger partial charge is 0.256 e. The second kappa shape index (κ2) is 14.0. The molecule has 1 atom stereocenters. The van der Waals surface area contributed by atoms with E-state index in [9.17, 15) is 18.8 Å². The van der Waals surface area contributed by atoms with Gasteiger partial charge in [-0.1, -0.05) is 73.7 Å². The van der Waals surface area contributed by atoms with Gasteiger partial charge in [0, 0.05) is 56.7 Å². The molecule has 4 aromatic rings. The molecule has 1 aliphatic heterocycles. The zero-order valence-corrected chi connectivity index (χ0v) is 25.1. The topological polar surface area (TPSA) is 73.0 Å². The van der Waals surface area contributed by atoms with Crippen LogP contribution in [-0.2, 0) is 11.3 Å². The predicted molar refractivity (Wildman–Crippen MR) is 171 cm³/mol. The fraction of sp³-hybridized carbons (Fsp3) is 0.250. The van der Waals surface area contributed by atoms with Gasteiger partial charge in [-0.25, -0.2) is 4.39 Å². The Kier molecular flexibility index (Phi) is 9.69. The van der Waals surface area contributed by atoms with Crippen molar-refractivity contribution in [1.82, 2.24) is 9.80 Å². The molecular formula is C36H37FN4O3. The highest BCUT2D eigenvalue weighted by atomic mass is 19.1. The van der Waals surface area contributed by atoms with Gasteiger partial charge in [0.2, 0.25) is 5.91 Å². The van der Waals surface area contributed by atoms with Gasteiger partial charge in [-0.3, -0.25) is 14.4 Å². The van der Waals surface area contributed by atoms with Crippen molar-refractivity contribution < 1.29 is 18.8 Å². The molecule has 7 nitrogen and oxygen atoms in total. The fourth-order valence-corrected chi connectivity index (χ4v) is 5.65. The van der Waals surface area contributed by atoms with Crippen LogP contribution >= 0.6 is 0 Å². The van der Waals surface area contributed by atoms with E-state index >= 15 is 0 Å².